The topological polar surface area (TPSA) is 77.8 Å². The van der Waals surface area contributed by atoms with Crippen LogP contribution in [-0.4, -0.2) is 45.7 Å². The highest BCUT2D eigenvalue weighted by molar-refractivity contribution is 5.84. The minimum absolute atomic E-state index is 0.111. The smallest absolute Gasteiger partial charge is 0.326 e. The molecule has 0 aromatic heterocycles. The Bertz CT molecular complexity index is 715. The first kappa shape index (κ1) is 27.4. The summed E-state index contributed by atoms with van der Waals surface area (Å²) in [7, 11) is 0. The first-order valence-corrected chi connectivity index (χ1v) is 11.7. The van der Waals surface area contributed by atoms with Crippen LogP contribution in [0.25, 0.3) is 0 Å². The van der Waals surface area contributed by atoms with Gasteiger partial charge in [0.2, 0.25) is 5.91 Å². The summed E-state index contributed by atoms with van der Waals surface area (Å²) < 4.78 is 0. The maximum absolute atomic E-state index is 12.2. The number of carboxylic acids is 1. The number of aliphatic hydroxyl groups excluding tert-OH is 1. The fraction of sp³-hybridized carbons (Fsp3) is 0.481. The van der Waals surface area contributed by atoms with E-state index in [9.17, 15) is 14.7 Å². The van der Waals surface area contributed by atoms with Gasteiger partial charge in [-0.2, -0.15) is 0 Å². The van der Waals surface area contributed by atoms with Gasteiger partial charge in [-0.05, 0) is 44.9 Å². The molecule has 176 valence electrons. The van der Waals surface area contributed by atoms with Gasteiger partial charge in [0.1, 0.15) is 6.04 Å². The molecule has 0 radical (unpaired) electrons. The number of aliphatic carboxylic acids is 1. The highest BCUT2D eigenvalue weighted by atomic mass is 16.4. The molecule has 2 N–H and O–H groups in total. The van der Waals surface area contributed by atoms with Crippen molar-refractivity contribution in [2.24, 2.45) is 0 Å². The zero-order valence-electron chi connectivity index (χ0n) is 19.3. The van der Waals surface area contributed by atoms with E-state index in [4.69, 9.17) is 5.11 Å². The summed E-state index contributed by atoms with van der Waals surface area (Å²) in [5.41, 5.74) is 0. The summed E-state index contributed by atoms with van der Waals surface area (Å²) in [5, 5.41) is 18.8. The Labute approximate surface area is 193 Å². The third-order valence-corrected chi connectivity index (χ3v) is 5.01. The van der Waals surface area contributed by atoms with E-state index >= 15 is 0 Å². The third kappa shape index (κ3) is 12.9. The van der Waals surface area contributed by atoms with Crippen molar-refractivity contribution in [3.8, 4) is 0 Å². The maximum Gasteiger partial charge on any atom is 0.326 e. The standard InChI is InChI=1S/C27H39NO4/c1-2-3-4-5-6-7-8-9-10-11-12-13-14-15-16-17-18-19-20-21-26(30)28-23-24(29)22-25(28)27(31)32/h3-4,6-7,9-10,12-13,15-16,18-19,24-25,29H,2,5,8,11,14,17,20-23H2,1H3,(H,31,32). The normalized spacial score (nSPS) is 19.9. The second-order valence-electron chi connectivity index (χ2n) is 7.74. The van der Waals surface area contributed by atoms with Crippen molar-refractivity contribution < 1.29 is 19.8 Å². The maximum atomic E-state index is 12.2. The van der Waals surface area contributed by atoms with Crippen LogP contribution in [0.15, 0.2) is 72.9 Å². The molecular weight excluding hydrogens is 402 g/mol. The zero-order valence-corrected chi connectivity index (χ0v) is 19.3. The lowest BCUT2D eigenvalue weighted by atomic mass is 10.2. The predicted octanol–water partition coefficient (Wildman–Crippen LogP) is 5.51. The molecule has 0 spiro atoms. The van der Waals surface area contributed by atoms with Crippen LogP contribution >= 0.6 is 0 Å². The quantitative estimate of drug-likeness (QED) is 0.329. The fourth-order valence-electron chi connectivity index (χ4n) is 3.31. The van der Waals surface area contributed by atoms with Crippen molar-refractivity contribution in [1.29, 1.82) is 0 Å². The summed E-state index contributed by atoms with van der Waals surface area (Å²) in [6.07, 6.45) is 31.5. The number of carboxylic acid groups (broad SMARTS) is 1. The van der Waals surface area contributed by atoms with Gasteiger partial charge in [-0.25, -0.2) is 4.79 Å². The first-order chi connectivity index (χ1) is 15.6. The van der Waals surface area contributed by atoms with Gasteiger partial charge in [-0.1, -0.05) is 79.8 Å². The van der Waals surface area contributed by atoms with E-state index in [1.165, 1.54) is 4.90 Å². The number of carbonyl (C=O) groups excluding carboxylic acids is 1. The van der Waals surface area contributed by atoms with Crippen LogP contribution < -0.4 is 0 Å². The number of aliphatic hydroxyl groups is 1. The molecule has 0 aromatic carbocycles. The summed E-state index contributed by atoms with van der Waals surface area (Å²) in [6, 6.07) is -0.900. The lowest BCUT2D eigenvalue weighted by molar-refractivity contribution is -0.148. The Morgan fingerprint density at radius 1 is 0.781 bits per heavy atom. The van der Waals surface area contributed by atoms with E-state index in [1.807, 2.05) is 12.2 Å². The number of hydrogen-bond acceptors (Lipinski definition) is 3. The SMILES string of the molecule is CCC=CCC=CCC=CCC=CCC=CCC=CCCC(=O)N1CC(O)CC1C(=O)O. The van der Waals surface area contributed by atoms with E-state index in [2.05, 4.69) is 67.7 Å². The first-order valence-electron chi connectivity index (χ1n) is 11.7. The van der Waals surface area contributed by atoms with E-state index in [1.54, 1.807) is 0 Å². The van der Waals surface area contributed by atoms with Crippen molar-refractivity contribution in [3.63, 3.8) is 0 Å². The molecule has 1 aliphatic heterocycles. The number of allylic oxidation sites excluding steroid dienone is 12. The van der Waals surface area contributed by atoms with Gasteiger partial charge in [-0.15, -0.1) is 0 Å². The minimum atomic E-state index is -1.05. The molecule has 1 heterocycles. The van der Waals surface area contributed by atoms with Crippen molar-refractivity contribution in [2.75, 3.05) is 6.54 Å². The second kappa shape index (κ2) is 18.0. The predicted molar refractivity (Wildman–Crippen MR) is 131 cm³/mol. The summed E-state index contributed by atoms with van der Waals surface area (Å²) >= 11 is 0. The number of amides is 1. The highest BCUT2D eigenvalue weighted by Gasteiger charge is 2.38. The van der Waals surface area contributed by atoms with Gasteiger partial charge < -0.3 is 15.1 Å². The van der Waals surface area contributed by atoms with Crippen LogP contribution in [0.5, 0.6) is 0 Å². The van der Waals surface area contributed by atoms with Crippen LogP contribution in [0.3, 0.4) is 0 Å². The average molecular weight is 442 g/mol. The molecule has 1 amide bonds. The van der Waals surface area contributed by atoms with E-state index in [0.29, 0.717) is 6.42 Å². The Morgan fingerprint density at radius 2 is 1.22 bits per heavy atom. The fourth-order valence-corrected chi connectivity index (χ4v) is 3.31. The molecular formula is C27H39NO4. The monoisotopic (exact) mass is 441 g/mol. The summed E-state index contributed by atoms with van der Waals surface area (Å²) in [6.45, 7) is 2.25. The molecule has 0 aromatic rings. The molecule has 32 heavy (non-hydrogen) atoms. The van der Waals surface area contributed by atoms with Crippen LogP contribution in [0.4, 0.5) is 0 Å². The number of β-amino-alcohol motifs (C(OH)–C–C–N with tert-alkyl or cyclic N) is 1. The number of nitrogens with zero attached hydrogens (tertiary/aromatic N) is 1. The summed E-state index contributed by atoms with van der Waals surface area (Å²) in [5.74, 6) is -1.27. The molecule has 0 saturated carbocycles. The Hall–Kier alpha value is -2.66. The lowest BCUT2D eigenvalue weighted by Crippen LogP contribution is -2.40. The lowest BCUT2D eigenvalue weighted by Gasteiger charge is -2.20. The number of likely N-dealkylation sites (tertiary alicyclic amines) is 1. The van der Waals surface area contributed by atoms with Crippen molar-refractivity contribution in [1.82, 2.24) is 4.90 Å². The summed E-state index contributed by atoms with van der Waals surface area (Å²) in [4.78, 5) is 24.6. The Kier molecular flexibility index (Phi) is 15.4. The Morgan fingerprint density at radius 3 is 1.66 bits per heavy atom. The van der Waals surface area contributed by atoms with Gasteiger partial charge in [0.05, 0.1) is 6.10 Å². The zero-order chi connectivity index (χ0) is 23.4. The van der Waals surface area contributed by atoms with Gasteiger partial charge in [0, 0.05) is 19.4 Å². The number of carbonyl (C=O) groups is 2. The van der Waals surface area contributed by atoms with Crippen molar-refractivity contribution >= 4 is 11.9 Å². The molecule has 5 heteroatoms. The van der Waals surface area contributed by atoms with Gasteiger partial charge >= 0.3 is 5.97 Å². The van der Waals surface area contributed by atoms with E-state index in [-0.39, 0.29) is 25.3 Å². The molecule has 0 aliphatic carbocycles. The molecule has 1 saturated heterocycles. The molecule has 1 rings (SSSR count). The number of hydrogen-bond donors (Lipinski definition) is 2. The molecule has 1 aliphatic rings. The van der Waals surface area contributed by atoms with Crippen LogP contribution in [-0.2, 0) is 9.59 Å². The molecule has 2 unspecified atom stereocenters. The van der Waals surface area contributed by atoms with E-state index < -0.39 is 18.1 Å². The van der Waals surface area contributed by atoms with Crippen LogP contribution in [0.1, 0.15) is 64.7 Å². The van der Waals surface area contributed by atoms with Gasteiger partial charge in [0.15, 0.2) is 0 Å². The van der Waals surface area contributed by atoms with Crippen molar-refractivity contribution in [3.05, 3.63) is 72.9 Å². The average Bonchev–Trinajstić information content (AvgIpc) is 3.17. The molecule has 2 atom stereocenters. The van der Waals surface area contributed by atoms with Gasteiger partial charge in [-0.3, -0.25) is 4.79 Å². The van der Waals surface area contributed by atoms with Crippen molar-refractivity contribution in [2.45, 2.75) is 76.9 Å². The highest BCUT2D eigenvalue weighted by Crippen LogP contribution is 2.19. The van der Waals surface area contributed by atoms with Gasteiger partial charge in [0.25, 0.3) is 0 Å². The minimum Gasteiger partial charge on any atom is -0.480 e. The van der Waals surface area contributed by atoms with E-state index in [0.717, 1.165) is 38.5 Å². The second-order valence-corrected chi connectivity index (χ2v) is 7.74. The largest absolute Gasteiger partial charge is 0.480 e. The molecule has 0 bridgehead atoms. The molecule has 1 fully saturated rings. The third-order valence-electron chi connectivity index (χ3n) is 5.01. The Balaban J connectivity index is 2.07. The molecule has 5 nitrogen and oxygen atoms in total. The van der Waals surface area contributed by atoms with Crippen LogP contribution in [0, 0.1) is 0 Å². The number of rotatable bonds is 15. The van der Waals surface area contributed by atoms with Crippen LogP contribution in [0.2, 0.25) is 0 Å².